The van der Waals surface area contributed by atoms with Gasteiger partial charge in [0.05, 0.1) is 6.61 Å². The Kier molecular flexibility index (Phi) is 4.71. The van der Waals surface area contributed by atoms with Gasteiger partial charge in [0.15, 0.2) is 0 Å². The van der Waals surface area contributed by atoms with Crippen molar-refractivity contribution in [1.82, 2.24) is 5.32 Å². The van der Waals surface area contributed by atoms with Crippen molar-refractivity contribution in [3.05, 3.63) is 27.7 Å². The maximum Gasteiger partial charge on any atom is 0.127 e. The second-order valence-electron chi connectivity index (χ2n) is 4.29. The summed E-state index contributed by atoms with van der Waals surface area (Å²) in [5.74, 6) is 1.06. The molecule has 0 radical (unpaired) electrons. The van der Waals surface area contributed by atoms with Gasteiger partial charge in [-0.1, -0.05) is 22.9 Å². The Hall–Kier alpha value is -0.250. The van der Waals surface area contributed by atoms with Crippen molar-refractivity contribution < 1.29 is 4.74 Å². The molecule has 1 unspecified atom stereocenters. The lowest BCUT2D eigenvalue weighted by molar-refractivity contribution is 0.352. The molecule has 1 aliphatic heterocycles. The van der Waals surface area contributed by atoms with Gasteiger partial charge in [0.1, 0.15) is 5.75 Å². The van der Waals surface area contributed by atoms with Crippen molar-refractivity contribution in [3.8, 4) is 5.75 Å². The van der Waals surface area contributed by atoms with Crippen LogP contribution in [0.1, 0.15) is 24.5 Å². The van der Waals surface area contributed by atoms with E-state index in [1.165, 1.54) is 11.1 Å². The summed E-state index contributed by atoms with van der Waals surface area (Å²) in [6.07, 6.45) is 2.00. The number of rotatable bonds is 5. The van der Waals surface area contributed by atoms with Crippen LogP contribution in [0, 0.1) is 0 Å². The molecule has 0 aromatic heterocycles. The summed E-state index contributed by atoms with van der Waals surface area (Å²) in [6.45, 7) is 4.54. The molecule has 1 aromatic carbocycles. The van der Waals surface area contributed by atoms with Gasteiger partial charge < -0.3 is 10.1 Å². The molecule has 1 atom stereocenters. The largest absolute Gasteiger partial charge is 0.493 e. The molecule has 0 saturated carbocycles. The minimum absolute atomic E-state index is 0.205. The van der Waals surface area contributed by atoms with Gasteiger partial charge in [-0.25, -0.2) is 0 Å². The molecule has 0 spiro atoms. The van der Waals surface area contributed by atoms with E-state index in [9.17, 15) is 0 Å². The zero-order chi connectivity index (χ0) is 12.3. The molecule has 1 N–H and O–H groups in total. The number of hydrogen-bond acceptors (Lipinski definition) is 2. The molecule has 4 heteroatoms. The highest BCUT2D eigenvalue weighted by Crippen LogP contribution is 2.32. The minimum atomic E-state index is 0.205. The van der Waals surface area contributed by atoms with Crippen LogP contribution in [0.5, 0.6) is 5.75 Å². The molecule has 0 fully saturated rings. The molecule has 0 amide bonds. The summed E-state index contributed by atoms with van der Waals surface area (Å²) in [4.78, 5) is 0. The van der Waals surface area contributed by atoms with Gasteiger partial charge in [-0.2, -0.15) is 0 Å². The molecule has 0 saturated heterocycles. The predicted octanol–water partition coefficient (Wildman–Crippen LogP) is 3.49. The van der Waals surface area contributed by atoms with Gasteiger partial charge in [-0.15, -0.1) is 11.6 Å². The highest BCUT2D eigenvalue weighted by atomic mass is 79.9. The van der Waals surface area contributed by atoms with Crippen LogP contribution in [0.4, 0.5) is 0 Å². The number of hydrogen-bond donors (Lipinski definition) is 1. The van der Waals surface area contributed by atoms with E-state index >= 15 is 0 Å². The first-order valence-electron chi connectivity index (χ1n) is 5.99. The van der Waals surface area contributed by atoms with Crippen molar-refractivity contribution >= 4 is 27.5 Å². The van der Waals surface area contributed by atoms with Crippen LogP contribution in [0.25, 0.3) is 0 Å². The summed E-state index contributed by atoms with van der Waals surface area (Å²) in [7, 11) is 0. The topological polar surface area (TPSA) is 21.3 Å². The zero-order valence-corrected chi connectivity index (χ0v) is 12.3. The van der Waals surface area contributed by atoms with E-state index in [0.717, 1.165) is 42.8 Å². The number of benzene rings is 1. The number of ether oxygens (including phenoxy) is 1. The normalized spacial score (nSPS) is 15.5. The predicted molar refractivity (Wildman–Crippen MR) is 75.0 cm³/mol. The van der Waals surface area contributed by atoms with E-state index in [1.807, 2.05) is 0 Å². The molecule has 2 nitrogen and oxygen atoms in total. The first kappa shape index (κ1) is 13.2. The van der Waals surface area contributed by atoms with E-state index in [0.29, 0.717) is 0 Å². The molecule has 17 heavy (non-hydrogen) atoms. The van der Waals surface area contributed by atoms with Crippen molar-refractivity contribution in [2.45, 2.75) is 31.7 Å². The molecule has 1 aliphatic rings. The van der Waals surface area contributed by atoms with Crippen LogP contribution < -0.4 is 10.1 Å². The minimum Gasteiger partial charge on any atom is -0.493 e. The lowest BCUT2D eigenvalue weighted by Crippen LogP contribution is -2.22. The standard InChI is InChI=1S/C13H17BrClNO/c1-2-12(15)8-16-7-10-6-11(14)5-9-3-4-17-13(9)10/h5-6,12,16H,2-4,7-8H2,1H3. The molecular formula is C13H17BrClNO. The Bertz CT molecular complexity index is 397. The second-order valence-corrected chi connectivity index (χ2v) is 5.82. The summed E-state index contributed by atoms with van der Waals surface area (Å²) in [6, 6.07) is 4.26. The van der Waals surface area contributed by atoms with Crippen LogP contribution in [0.15, 0.2) is 16.6 Å². The molecule has 2 rings (SSSR count). The molecule has 1 aromatic rings. The average molecular weight is 319 g/mol. The molecule has 94 valence electrons. The third-order valence-corrected chi connectivity index (χ3v) is 3.87. The molecule has 1 heterocycles. The molecule has 0 aliphatic carbocycles. The molecule has 0 bridgehead atoms. The smallest absolute Gasteiger partial charge is 0.127 e. The Balaban J connectivity index is 2.01. The molecular weight excluding hydrogens is 302 g/mol. The van der Waals surface area contributed by atoms with E-state index in [1.54, 1.807) is 0 Å². The first-order chi connectivity index (χ1) is 8.20. The van der Waals surface area contributed by atoms with Crippen LogP contribution in [-0.4, -0.2) is 18.5 Å². The lowest BCUT2D eigenvalue weighted by atomic mass is 10.1. The third kappa shape index (κ3) is 3.36. The quantitative estimate of drug-likeness (QED) is 0.839. The van der Waals surface area contributed by atoms with Gasteiger partial charge in [0.2, 0.25) is 0 Å². The number of fused-ring (bicyclic) bond motifs is 1. The van der Waals surface area contributed by atoms with E-state index in [4.69, 9.17) is 16.3 Å². The average Bonchev–Trinajstić information content (AvgIpc) is 2.76. The van der Waals surface area contributed by atoms with Crippen molar-refractivity contribution in [2.75, 3.05) is 13.2 Å². The van der Waals surface area contributed by atoms with Gasteiger partial charge in [0.25, 0.3) is 0 Å². The van der Waals surface area contributed by atoms with Crippen molar-refractivity contribution in [1.29, 1.82) is 0 Å². The fourth-order valence-electron chi connectivity index (χ4n) is 1.99. The van der Waals surface area contributed by atoms with Crippen LogP contribution >= 0.6 is 27.5 Å². The Morgan fingerprint density at radius 1 is 1.53 bits per heavy atom. The SMILES string of the molecule is CCC(Cl)CNCc1cc(Br)cc2c1OCC2. The summed E-state index contributed by atoms with van der Waals surface area (Å²) in [5.41, 5.74) is 2.51. The Morgan fingerprint density at radius 2 is 2.35 bits per heavy atom. The summed E-state index contributed by atoms with van der Waals surface area (Å²) < 4.78 is 6.80. The highest BCUT2D eigenvalue weighted by molar-refractivity contribution is 9.10. The van der Waals surface area contributed by atoms with Crippen molar-refractivity contribution in [3.63, 3.8) is 0 Å². The van der Waals surface area contributed by atoms with Gasteiger partial charge in [0, 0.05) is 34.9 Å². The van der Waals surface area contributed by atoms with Crippen LogP contribution in [0.2, 0.25) is 0 Å². The lowest BCUT2D eigenvalue weighted by Gasteiger charge is -2.12. The Labute approximate surface area is 116 Å². The Morgan fingerprint density at radius 3 is 3.12 bits per heavy atom. The van der Waals surface area contributed by atoms with Gasteiger partial charge in [-0.3, -0.25) is 0 Å². The maximum absolute atomic E-state index is 6.08. The van der Waals surface area contributed by atoms with E-state index < -0.39 is 0 Å². The number of alkyl halides is 1. The number of halogens is 2. The van der Waals surface area contributed by atoms with E-state index in [-0.39, 0.29) is 5.38 Å². The van der Waals surface area contributed by atoms with Gasteiger partial charge in [-0.05, 0) is 24.1 Å². The number of nitrogens with one attached hydrogen (secondary N) is 1. The summed E-state index contributed by atoms with van der Waals surface area (Å²) in [5, 5.41) is 3.58. The van der Waals surface area contributed by atoms with Crippen LogP contribution in [0.3, 0.4) is 0 Å². The van der Waals surface area contributed by atoms with Gasteiger partial charge >= 0.3 is 0 Å². The van der Waals surface area contributed by atoms with E-state index in [2.05, 4.69) is 40.3 Å². The summed E-state index contributed by atoms with van der Waals surface area (Å²) >= 11 is 9.62. The first-order valence-corrected chi connectivity index (χ1v) is 7.22. The fourth-order valence-corrected chi connectivity index (χ4v) is 2.65. The second kappa shape index (κ2) is 6.07. The maximum atomic E-state index is 6.08. The fraction of sp³-hybridized carbons (Fsp3) is 0.538. The highest BCUT2D eigenvalue weighted by Gasteiger charge is 2.17. The van der Waals surface area contributed by atoms with Crippen molar-refractivity contribution in [2.24, 2.45) is 0 Å². The van der Waals surface area contributed by atoms with Crippen LogP contribution in [-0.2, 0) is 13.0 Å². The third-order valence-electron chi connectivity index (χ3n) is 2.95. The monoisotopic (exact) mass is 317 g/mol. The zero-order valence-electron chi connectivity index (χ0n) is 9.93.